The predicted molar refractivity (Wildman–Crippen MR) is 60.3 cm³/mol. The number of carboxylic acids is 1. The zero-order valence-electron chi connectivity index (χ0n) is 10.2. The molecule has 2 aliphatic rings. The molecule has 4 nitrogen and oxygen atoms in total. The minimum Gasteiger partial charge on any atom is -0.481 e. The lowest BCUT2D eigenvalue weighted by Gasteiger charge is -2.29. The van der Waals surface area contributed by atoms with E-state index in [0.717, 1.165) is 19.5 Å². The van der Waals surface area contributed by atoms with E-state index in [0.29, 0.717) is 31.6 Å². The van der Waals surface area contributed by atoms with Crippen LogP contribution in [0.15, 0.2) is 0 Å². The Labute approximate surface area is 96.6 Å². The van der Waals surface area contributed by atoms with Gasteiger partial charge < -0.3 is 14.7 Å². The van der Waals surface area contributed by atoms with Gasteiger partial charge in [0.2, 0.25) is 0 Å². The summed E-state index contributed by atoms with van der Waals surface area (Å²) < 4.78 is 5.28. The van der Waals surface area contributed by atoms with Crippen molar-refractivity contribution >= 4 is 5.97 Å². The SMILES string of the molecule is CC1(C)CCN(CC2(C(=O)O)CCOC2)C1. The largest absolute Gasteiger partial charge is 0.481 e. The molecule has 2 saturated heterocycles. The van der Waals surface area contributed by atoms with Crippen LogP contribution in [0.4, 0.5) is 0 Å². The van der Waals surface area contributed by atoms with Crippen molar-refractivity contribution in [2.45, 2.75) is 26.7 Å². The first-order valence-corrected chi connectivity index (χ1v) is 5.97. The number of nitrogens with zero attached hydrogens (tertiary/aromatic N) is 1. The molecule has 16 heavy (non-hydrogen) atoms. The van der Waals surface area contributed by atoms with Gasteiger partial charge in [0.15, 0.2) is 0 Å². The lowest BCUT2D eigenvalue weighted by atomic mass is 9.86. The van der Waals surface area contributed by atoms with E-state index in [1.54, 1.807) is 0 Å². The number of aliphatic carboxylic acids is 1. The van der Waals surface area contributed by atoms with Gasteiger partial charge in [-0.05, 0) is 24.8 Å². The van der Waals surface area contributed by atoms with Crippen LogP contribution in [0.5, 0.6) is 0 Å². The van der Waals surface area contributed by atoms with Crippen LogP contribution in [0, 0.1) is 10.8 Å². The molecule has 0 saturated carbocycles. The molecule has 2 heterocycles. The molecule has 1 unspecified atom stereocenters. The summed E-state index contributed by atoms with van der Waals surface area (Å²) in [5, 5.41) is 9.35. The Morgan fingerprint density at radius 1 is 1.44 bits per heavy atom. The molecule has 0 aromatic carbocycles. The van der Waals surface area contributed by atoms with Gasteiger partial charge in [0.25, 0.3) is 0 Å². The van der Waals surface area contributed by atoms with Crippen LogP contribution in [0.1, 0.15) is 26.7 Å². The van der Waals surface area contributed by atoms with Crippen molar-refractivity contribution < 1.29 is 14.6 Å². The van der Waals surface area contributed by atoms with Crippen molar-refractivity contribution in [3.8, 4) is 0 Å². The number of carbonyl (C=O) groups is 1. The Morgan fingerprint density at radius 2 is 2.19 bits per heavy atom. The van der Waals surface area contributed by atoms with E-state index in [4.69, 9.17) is 4.74 Å². The monoisotopic (exact) mass is 227 g/mol. The molecule has 0 bridgehead atoms. The Kier molecular flexibility index (Phi) is 2.97. The van der Waals surface area contributed by atoms with Gasteiger partial charge >= 0.3 is 5.97 Å². The quantitative estimate of drug-likeness (QED) is 0.787. The van der Waals surface area contributed by atoms with Crippen LogP contribution in [-0.2, 0) is 9.53 Å². The molecule has 1 N–H and O–H groups in total. The van der Waals surface area contributed by atoms with Crippen molar-refractivity contribution in [3.63, 3.8) is 0 Å². The fourth-order valence-electron chi connectivity index (χ4n) is 2.76. The number of hydrogen-bond acceptors (Lipinski definition) is 3. The zero-order chi connectivity index (χ0) is 11.8. The predicted octanol–water partition coefficient (Wildman–Crippen LogP) is 1.21. The molecule has 0 aromatic rings. The summed E-state index contributed by atoms with van der Waals surface area (Å²) in [6.07, 6.45) is 1.81. The minimum atomic E-state index is -0.699. The van der Waals surface area contributed by atoms with Gasteiger partial charge in [-0.3, -0.25) is 4.79 Å². The van der Waals surface area contributed by atoms with Gasteiger partial charge in [-0.1, -0.05) is 13.8 Å². The second kappa shape index (κ2) is 4.00. The summed E-state index contributed by atoms with van der Waals surface area (Å²) in [4.78, 5) is 13.6. The van der Waals surface area contributed by atoms with E-state index in [-0.39, 0.29) is 0 Å². The molecule has 2 fully saturated rings. The molecular weight excluding hydrogens is 206 g/mol. The maximum absolute atomic E-state index is 11.4. The van der Waals surface area contributed by atoms with Crippen LogP contribution in [0.3, 0.4) is 0 Å². The number of likely N-dealkylation sites (tertiary alicyclic amines) is 1. The Hall–Kier alpha value is -0.610. The molecule has 92 valence electrons. The van der Waals surface area contributed by atoms with Gasteiger partial charge in [0.05, 0.1) is 6.61 Å². The third-order valence-electron chi connectivity index (χ3n) is 3.84. The third-order valence-corrected chi connectivity index (χ3v) is 3.84. The van der Waals surface area contributed by atoms with Crippen molar-refractivity contribution in [3.05, 3.63) is 0 Å². The lowest BCUT2D eigenvalue weighted by Crippen LogP contribution is -2.43. The van der Waals surface area contributed by atoms with Crippen LogP contribution in [0.2, 0.25) is 0 Å². The topological polar surface area (TPSA) is 49.8 Å². The summed E-state index contributed by atoms with van der Waals surface area (Å²) in [6.45, 7) is 8.11. The second-order valence-corrected chi connectivity index (χ2v) is 6.01. The van der Waals surface area contributed by atoms with Crippen molar-refractivity contribution in [1.29, 1.82) is 0 Å². The highest BCUT2D eigenvalue weighted by atomic mass is 16.5. The maximum atomic E-state index is 11.4. The molecule has 2 aliphatic heterocycles. The van der Waals surface area contributed by atoms with Gasteiger partial charge in [0, 0.05) is 19.7 Å². The molecule has 0 amide bonds. The molecule has 0 aliphatic carbocycles. The summed E-state index contributed by atoms with van der Waals surface area (Å²) in [5.74, 6) is -0.699. The molecule has 1 atom stereocenters. The number of hydrogen-bond donors (Lipinski definition) is 1. The summed E-state index contributed by atoms with van der Waals surface area (Å²) >= 11 is 0. The van der Waals surface area contributed by atoms with Crippen molar-refractivity contribution in [1.82, 2.24) is 4.90 Å². The normalized spacial score (nSPS) is 34.4. The zero-order valence-corrected chi connectivity index (χ0v) is 10.2. The Balaban J connectivity index is 2.00. The van der Waals surface area contributed by atoms with Crippen LogP contribution in [-0.4, -0.2) is 48.8 Å². The summed E-state index contributed by atoms with van der Waals surface area (Å²) in [7, 11) is 0. The lowest BCUT2D eigenvalue weighted by molar-refractivity contribution is -0.150. The first kappa shape index (κ1) is 11.9. The van der Waals surface area contributed by atoms with Crippen molar-refractivity contribution in [2.75, 3.05) is 32.8 Å². The summed E-state index contributed by atoms with van der Waals surface area (Å²) in [6, 6.07) is 0. The van der Waals surface area contributed by atoms with Crippen LogP contribution < -0.4 is 0 Å². The highest BCUT2D eigenvalue weighted by Gasteiger charge is 2.45. The van der Waals surface area contributed by atoms with E-state index < -0.39 is 11.4 Å². The average molecular weight is 227 g/mol. The van der Waals surface area contributed by atoms with Gasteiger partial charge in [0.1, 0.15) is 5.41 Å². The molecular formula is C12H21NO3. The van der Waals surface area contributed by atoms with E-state index in [2.05, 4.69) is 18.7 Å². The van der Waals surface area contributed by atoms with Gasteiger partial charge in [-0.15, -0.1) is 0 Å². The van der Waals surface area contributed by atoms with E-state index >= 15 is 0 Å². The minimum absolute atomic E-state index is 0.332. The molecule has 4 heteroatoms. The van der Waals surface area contributed by atoms with Gasteiger partial charge in [-0.2, -0.15) is 0 Å². The first-order valence-electron chi connectivity index (χ1n) is 5.97. The van der Waals surface area contributed by atoms with Crippen LogP contribution in [0.25, 0.3) is 0 Å². The van der Waals surface area contributed by atoms with Crippen molar-refractivity contribution in [2.24, 2.45) is 10.8 Å². The summed E-state index contributed by atoms with van der Waals surface area (Å²) in [5.41, 5.74) is -0.320. The van der Waals surface area contributed by atoms with E-state index in [1.807, 2.05) is 0 Å². The number of carboxylic acid groups (broad SMARTS) is 1. The Bertz CT molecular complexity index is 282. The fourth-order valence-corrected chi connectivity index (χ4v) is 2.76. The van der Waals surface area contributed by atoms with Gasteiger partial charge in [-0.25, -0.2) is 0 Å². The number of rotatable bonds is 3. The average Bonchev–Trinajstić information content (AvgIpc) is 2.74. The molecule has 0 aromatic heterocycles. The molecule has 0 radical (unpaired) electrons. The fraction of sp³-hybridized carbons (Fsp3) is 0.917. The second-order valence-electron chi connectivity index (χ2n) is 6.01. The molecule has 2 rings (SSSR count). The number of ether oxygens (including phenoxy) is 1. The smallest absolute Gasteiger partial charge is 0.313 e. The maximum Gasteiger partial charge on any atom is 0.313 e. The highest BCUT2D eigenvalue weighted by Crippen LogP contribution is 2.35. The highest BCUT2D eigenvalue weighted by molar-refractivity contribution is 5.75. The Morgan fingerprint density at radius 3 is 2.62 bits per heavy atom. The standard InChI is InChI=1S/C12H21NO3/c1-11(2)3-5-13(7-11)8-12(10(14)15)4-6-16-9-12/h3-9H2,1-2H3,(H,14,15). The molecule has 0 spiro atoms. The van der Waals surface area contributed by atoms with Crippen LogP contribution >= 0.6 is 0 Å². The van der Waals surface area contributed by atoms with E-state index in [9.17, 15) is 9.90 Å². The van der Waals surface area contributed by atoms with E-state index in [1.165, 1.54) is 0 Å². The third kappa shape index (κ3) is 2.23. The first-order chi connectivity index (χ1) is 7.44.